The Morgan fingerprint density at radius 3 is 2.50 bits per heavy atom. The minimum absolute atomic E-state index is 0.244. The summed E-state index contributed by atoms with van der Waals surface area (Å²) >= 11 is 0. The Morgan fingerprint density at radius 2 is 2.06 bits per heavy atom. The highest BCUT2D eigenvalue weighted by Crippen LogP contribution is 2.51. The first-order chi connectivity index (χ1) is 7.64. The number of methoxy groups -OCH3 is 1. The van der Waals surface area contributed by atoms with Gasteiger partial charge in [-0.15, -0.1) is 0 Å². The van der Waals surface area contributed by atoms with E-state index < -0.39 is 0 Å². The van der Waals surface area contributed by atoms with Crippen molar-refractivity contribution in [1.29, 1.82) is 0 Å². The van der Waals surface area contributed by atoms with Crippen LogP contribution in [0.4, 0.5) is 0 Å². The number of hydrogen-bond donors (Lipinski definition) is 1. The summed E-state index contributed by atoms with van der Waals surface area (Å²) in [7, 11) is 1.74. The molecule has 0 spiro atoms. The van der Waals surface area contributed by atoms with Crippen molar-refractivity contribution in [2.45, 2.75) is 38.0 Å². The van der Waals surface area contributed by atoms with E-state index in [4.69, 9.17) is 10.5 Å². The molecule has 0 bridgehead atoms. The fourth-order valence-electron chi connectivity index (χ4n) is 2.51. The average molecular weight is 219 g/mol. The van der Waals surface area contributed by atoms with Gasteiger partial charge in [-0.05, 0) is 30.4 Å². The molecule has 1 saturated carbocycles. The second kappa shape index (κ2) is 4.10. The van der Waals surface area contributed by atoms with Gasteiger partial charge in [-0.25, -0.2) is 0 Å². The quantitative estimate of drug-likeness (QED) is 0.845. The van der Waals surface area contributed by atoms with Crippen molar-refractivity contribution in [3.63, 3.8) is 0 Å². The second-order valence-electron chi connectivity index (χ2n) is 5.06. The Labute approximate surface area is 97.8 Å². The van der Waals surface area contributed by atoms with Gasteiger partial charge >= 0.3 is 0 Å². The second-order valence-corrected chi connectivity index (χ2v) is 5.06. The van der Waals surface area contributed by atoms with Crippen molar-refractivity contribution in [2.75, 3.05) is 13.7 Å². The molecule has 2 N–H and O–H groups in total. The maximum absolute atomic E-state index is 5.92. The van der Waals surface area contributed by atoms with Crippen LogP contribution in [-0.4, -0.2) is 13.7 Å². The molecule has 2 heteroatoms. The van der Waals surface area contributed by atoms with Gasteiger partial charge in [0.15, 0.2) is 0 Å². The lowest BCUT2D eigenvalue weighted by Gasteiger charge is -2.22. The summed E-state index contributed by atoms with van der Waals surface area (Å²) in [5.41, 5.74) is 8.91. The van der Waals surface area contributed by atoms with Gasteiger partial charge in [0.2, 0.25) is 0 Å². The molecule has 0 unspecified atom stereocenters. The van der Waals surface area contributed by atoms with E-state index in [1.807, 2.05) is 6.07 Å². The number of ether oxygens (including phenoxy) is 1. The predicted molar refractivity (Wildman–Crippen MR) is 67.0 cm³/mol. The monoisotopic (exact) mass is 219 g/mol. The Bertz CT molecular complexity index is 380. The molecule has 1 aliphatic rings. The van der Waals surface area contributed by atoms with Crippen LogP contribution in [0.25, 0.3) is 0 Å². The smallest absolute Gasteiger partial charge is 0.122 e. The highest BCUT2D eigenvalue weighted by molar-refractivity contribution is 5.48. The zero-order chi connectivity index (χ0) is 11.8. The Balaban J connectivity index is 2.52. The summed E-state index contributed by atoms with van der Waals surface area (Å²) < 4.78 is 5.47. The first kappa shape index (κ1) is 11.5. The van der Waals surface area contributed by atoms with Crippen molar-refractivity contribution in [3.05, 3.63) is 29.3 Å². The molecule has 2 nitrogen and oxygen atoms in total. The van der Waals surface area contributed by atoms with Gasteiger partial charge in [0, 0.05) is 17.5 Å². The van der Waals surface area contributed by atoms with Crippen molar-refractivity contribution in [3.8, 4) is 5.75 Å². The molecule has 0 amide bonds. The summed E-state index contributed by atoms with van der Waals surface area (Å²) in [4.78, 5) is 0. The zero-order valence-electron chi connectivity index (χ0n) is 10.4. The molecule has 1 fully saturated rings. The fourth-order valence-corrected chi connectivity index (χ4v) is 2.51. The van der Waals surface area contributed by atoms with Crippen LogP contribution in [-0.2, 0) is 5.41 Å². The third-order valence-electron chi connectivity index (χ3n) is 3.68. The Hall–Kier alpha value is -1.02. The lowest BCUT2D eigenvalue weighted by atomic mass is 9.86. The highest BCUT2D eigenvalue weighted by atomic mass is 16.5. The molecular weight excluding hydrogens is 198 g/mol. The largest absolute Gasteiger partial charge is 0.496 e. The van der Waals surface area contributed by atoms with Crippen LogP contribution >= 0.6 is 0 Å². The lowest BCUT2D eigenvalue weighted by Crippen LogP contribution is -2.22. The molecular formula is C14H21NO. The molecule has 1 aromatic rings. The summed E-state index contributed by atoms with van der Waals surface area (Å²) in [5, 5.41) is 0. The van der Waals surface area contributed by atoms with E-state index in [1.54, 1.807) is 7.11 Å². The minimum Gasteiger partial charge on any atom is -0.496 e. The number of nitrogens with two attached hydrogens (primary N) is 1. The molecule has 1 aromatic carbocycles. The van der Waals surface area contributed by atoms with Crippen LogP contribution in [0.2, 0.25) is 0 Å². The number of benzene rings is 1. The van der Waals surface area contributed by atoms with Gasteiger partial charge in [0.1, 0.15) is 5.75 Å². The summed E-state index contributed by atoms with van der Waals surface area (Å²) in [6.07, 6.45) is 2.44. The lowest BCUT2D eigenvalue weighted by molar-refractivity contribution is 0.405. The zero-order valence-corrected chi connectivity index (χ0v) is 10.4. The summed E-state index contributed by atoms with van der Waals surface area (Å²) in [6.45, 7) is 5.18. The van der Waals surface area contributed by atoms with E-state index in [1.165, 1.54) is 24.0 Å². The molecule has 2 rings (SSSR count). The van der Waals surface area contributed by atoms with Crippen molar-refractivity contribution < 1.29 is 4.74 Å². The van der Waals surface area contributed by atoms with E-state index >= 15 is 0 Å². The van der Waals surface area contributed by atoms with Gasteiger partial charge in [0.05, 0.1) is 7.11 Å². The van der Waals surface area contributed by atoms with E-state index in [0.717, 1.165) is 12.3 Å². The SMILES string of the molecule is COc1cccc(C2(CN)CC2)c1C(C)C. The average Bonchev–Trinajstić information content (AvgIpc) is 3.08. The van der Waals surface area contributed by atoms with Gasteiger partial charge in [-0.1, -0.05) is 26.0 Å². The maximum atomic E-state index is 5.92. The number of rotatable bonds is 4. The van der Waals surface area contributed by atoms with Crippen LogP contribution in [0.15, 0.2) is 18.2 Å². The Kier molecular flexibility index (Phi) is 2.94. The minimum atomic E-state index is 0.244. The van der Waals surface area contributed by atoms with Crippen LogP contribution in [0.5, 0.6) is 5.75 Å². The van der Waals surface area contributed by atoms with Crippen LogP contribution in [0.1, 0.15) is 43.7 Å². The standard InChI is InChI=1S/C14H21NO/c1-10(2)13-11(14(9-15)7-8-14)5-4-6-12(13)16-3/h4-6,10H,7-9,15H2,1-3H3. The molecule has 0 atom stereocenters. The summed E-state index contributed by atoms with van der Waals surface area (Å²) in [6, 6.07) is 6.35. The van der Waals surface area contributed by atoms with Crippen molar-refractivity contribution in [1.82, 2.24) is 0 Å². The third-order valence-corrected chi connectivity index (χ3v) is 3.68. The third kappa shape index (κ3) is 1.71. The molecule has 88 valence electrons. The van der Waals surface area contributed by atoms with Gasteiger partial charge in [-0.2, -0.15) is 0 Å². The molecule has 0 saturated heterocycles. The molecule has 0 heterocycles. The first-order valence-electron chi connectivity index (χ1n) is 6.02. The molecule has 0 aromatic heterocycles. The molecule has 1 aliphatic carbocycles. The van der Waals surface area contributed by atoms with Crippen LogP contribution in [0.3, 0.4) is 0 Å². The topological polar surface area (TPSA) is 35.2 Å². The fraction of sp³-hybridized carbons (Fsp3) is 0.571. The number of hydrogen-bond acceptors (Lipinski definition) is 2. The van der Waals surface area contributed by atoms with Gasteiger partial charge in [-0.3, -0.25) is 0 Å². The van der Waals surface area contributed by atoms with E-state index in [2.05, 4.69) is 26.0 Å². The predicted octanol–water partition coefficient (Wildman–Crippen LogP) is 2.81. The normalized spacial score (nSPS) is 17.6. The molecule has 0 radical (unpaired) electrons. The molecule has 16 heavy (non-hydrogen) atoms. The van der Waals surface area contributed by atoms with Crippen LogP contribution < -0.4 is 10.5 Å². The van der Waals surface area contributed by atoms with Gasteiger partial charge in [0.25, 0.3) is 0 Å². The summed E-state index contributed by atoms with van der Waals surface area (Å²) in [5.74, 6) is 1.49. The maximum Gasteiger partial charge on any atom is 0.122 e. The van der Waals surface area contributed by atoms with Crippen molar-refractivity contribution in [2.24, 2.45) is 5.73 Å². The Morgan fingerprint density at radius 1 is 1.38 bits per heavy atom. The van der Waals surface area contributed by atoms with Crippen molar-refractivity contribution >= 4 is 0 Å². The first-order valence-corrected chi connectivity index (χ1v) is 6.02. The van der Waals surface area contributed by atoms with E-state index in [-0.39, 0.29) is 5.41 Å². The highest BCUT2D eigenvalue weighted by Gasteiger charge is 2.44. The van der Waals surface area contributed by atoms with Gasteiger partial charge < -0.3 is 10.5 Å². The van der Waals surface area contributed by atoms with E-state index in [9.17, 15) is 0 Å². The molecule has 0 aliphatic heterocycles. The van der Waals surface area contributed by atoms with Crippen LogP contribution in [0, 0.1) is 0 Å². The van der Waals surface area contributed by atoms with E-state index in [0.29, 0.717) is 5.92 Å².